The SMILES string of the molecule is O=C([O-])C1=CS[C@@H]2/C(=C\c3cn4c5c(sc4n3)COCC5)C(=O)N12.[Na+]. The van der Waals surface area contributed by atoms with Gasteiger partial charge in [-0.3, -0.25) is 14.1 Å². The molecule has 1 atom stereocenters. The number of amides is 1. The van der Waals surface area contributed by atoms with Crippen LogP contribution in [0.5, 0.6) is 0 Å². The molecule has 0 spiro atoms. The zero-order valence-electron chi connectivity index (χ0n) is 13.2. The molecule has 0 radical (unpaired) electrons. The molecule has 0 N–H and O–H groups in total. The van der Waals surface area contributed by atoms with Crippen molar-refractivity contribution >= 4 is 46.0 Å². The predicted molar refractivity (Wildman–Crippen MR) is 85.7 cm³/mol. The third kappa shape index (κ3) is 2.53. The van der Waals surface area contributed by atoms with Crippen LogP contribution in [0.3, 0.4) is 0 Å². The summed E-state index contributed by atoms with van der Waals surface area (Å²) in [5.41, 5.74) is 2.43. The molecule has 0 bridgehead atoms. The first-order chi connectivity index (χ1) is 11.6. The molecule has 122 valence electrons. The second-order valence-corrected chi connectivity index (χ2v) is 7.66. The minimum Gasteiger partial charge on any atom is -0.543 e. The number of imidazole rings is 1. The molecule has 5 heterocycles. The van der Waals surface area contributed by atoms with Gasteiger partial charge in [0.25, 0.3) is 5.91 Å². The van der Waals surface area contributed by atoms with E-state index < -0.39 is 5.97 Å². The minimum absolute atomic E-state index is 0. The minimum atomic E-state index is -1.33. The van der Waals surface area contributed by atoms with Crippen LogP contribution in [0, 0.1) is 0 Å². The van der Waals surface area contributed by atoms with Crippen LogP contribution >= 0.6 is 23.1 Å². The van der Waals surface area contributed by atoms with Crippen molar-refractivity contribution in [2.75, 3.05) is 6.61 Å². The molecule has 5 rings (SSSR count). The molecule has 0 aromatic carbocycles. The zero-order chi connectivity index (χ0) is 16.4. The van der Waals surface area contributed by atoms with Gasteiger partial charge in [0, 0.05) is 18.3 Å². The molecule has 3 aliphatic heterocycles. The fourth-order valence-electron chi connectivity index (χ4n) is 3.14. The molecule has 2 aromatic rings. The van der Waals surface area contributed by atoms with E-state index in [-0.39, 0.29) is 46.5 Å². The normalized spacial score (nSPS) is 23.1. The van der Waals surface area contributed by atoms with Gasteiger partial charge in [0.2, 0.25) is 0 Å². The number of hydrogen-bond acceptors (Lipinski definition) is 7. The van der Waals surface area contributed by atoms with Crippen molar-refractivity contribution in [3.63, 3.8) is 0 Å². The Morgan fingerprint density at radius 1 is 1.48 bits per heavy atom. The number of ether oxygens (including phenoxy) is 1. The van der Waals surface area contributed by atoms with Crippen molar-refractivity contribution in [1.29, 1.82) is 0 Å². The molecule has 0 unspecified atom stereocenters. The van der Waals surface area contributed by atoms with E-state index in [0.717, 1.165) is 11.4 Å². The summed E-state index contributed by atoms with van der Waals surface area (Å²) in [6.07, 6.45) is 4.52. The van der Waals surface area contributed by atoms with Crippen LogP contribution in [-0.4, -0.2) is 38.1 Å². The van der Waals surface area contributed by atoms with Gasteiger partial charge < -0.3 is 14.6 Å². The van der Waals surface area contributed by atoms with Gasteiger partial charge in [-0.1, -0.05) is 11.3 Å². The Balaban J connectivity index is 0.00000157. The first-order valence-corrected chi connectivity index (χ1v) is 9.09. The third-order valence-electron chi connectivity index (χ3n) is 4.28. The molecular weight excluding hydrogens is 373 g/mol. The number of aliphatic carboxylic acids is 1. The van der Waals surface area contributed by atoms with E-state index in [9.17, 15) is 14.7 Å². The Bertz CT molecular complexity index is 977. The van der Waals surface area contributed by atoms with Gasteiger partial charge >= 0.3 is 29.6 Å². The second-order valence-electron chi connectivity index (χ2n) is 5.65. The summed E-state index contributed by atoms with van der Waals surface area (Å²) in [4.78, 5) is 31.1. The number of aromatic nitrogens is 2. The predicted octanol–water partition coefficient (Wildman–Crippen LogP) is -2.64. The number of rotatable bonds is 2. The van der Waals surface area contributed by atoms with Crippen molar-refractivity contribution in [2.45, 2.75) is 18.4 Å². The Labute approximate surface area is 172 Å². The largest absolute Gasteiger partial charge is 1.00 e. The monoisotopic (exact) mass is 383 g/mol. The van der Waals surface area contributed by atoms with E-state index in [0.29, 0.717) is 24.5 Å². The summed E-state index contributed by atoms with van der Waals surface area (Å²) >= 11 is 2.90. The molecule has 7 nitrogen and oxygen atoms in total. The number of thiazole rings is 1. The number of fused-ring (bicyclic) bond motifs is 4. The maximum absolute atomic E-state index is 12.2. The van der Waals surface area contributed by atoms with Crippen LogP contribution in [0.2, 0.25) is 0 Å². The van der Waals surface area contributed by atoms with E-state index in [1.165, 1.54) is 32.6 Å². The third-order valence-corrected chi connectivity index (χ3v) is 6.43. The number of β-lactam (4-membered cyclic amide) rings is 1. The van der Waals surface area contributed by atoms with Crippen LogP contribution in [0.1, 0.15) is 16.3 Å². The van der Waals surface area contributed by atoms with Crippen LogP contribution in [0.4, 0.5) is 0 Å². The smallest absolute Gasteiger partial charge is 0.543 e. The molecule has 25 heavy (non-hydrogen) atoms. The average molecular weight is 383 g/mol. The Kier molecular flexibility index (Phi) is 4.33. The van der Waals surface area contributed by atoms with Gasteiger partial charge in [0.1, 0.15) is 5.37 Å². The number of carboxylic acids is 1. The van der Waals surface area contributed by atoms with Crippen LogP contribution in [0.25, 0.3) is 11.0 Å². The van der Waals surface area contributed by atoms with Crippen molar-refractivity contribution in [3.8, 4) is 0 Å². The number of carbonyl (C=O) groups is 2. The maximum Gasteiger partial charge on any atom is 1.00 e. The number of hydrogen-bond donors (Lipinski definition) is 0. The molecule has 0 saturated carbocycles. The number of carboxylic acid groups (broad SMARTS) is 1. The number of thioether (sulfide) groups is 1. The summed E-state index contributed by atoms with van der Waals surface area (Å²) in [5.74, 6) is -1.62. The van der Waals surface area contributed by atoms with E-state index in [1.54, 1.807) is 17.4 Å². The Morgan fingerprint density at radius 2 is 2.32 bits per heavy atom. The van der Waals surface area contributed by atoms with Gasteiger partial charge in [-0.15, -0.1) is 11.8 Å². The van der Waals surface area contributed by atoms with Crippen LogP contribution in [-0.2, 0) is 27.4 Å². The molecule has 0 aliphatic carbocycles. The Morgan fingerprint density at radius 3 is 3.12 bits per heavy atom. The van der Waals surface area contributed by atoms with Crippen molar-refractivity contribution < 1.29 is 49.0 Å². The average Bonchev–Trinajstić information content (AvgIpc) is 3.22. The van der Waals surface area contributed by atoms with E-state index in [2.05, 4.69) is 9.38 Å². The standard InChI is InChI=1S/C15H11N3O4S2.Na/c19-12-8(13-18(12)10(6-23-13)14(20)21)3-7-4-17-9-1-2-22-5-11(9)24-15(17)16-7;/h3-4,6,13H,1-2,5H2,(H,20,21);/q;+1/p-1/b8-3-;/t13-;/m1./s1. The number of carbonyl (C=O) groups excluding carboxylic acids is 2. The fourth-order valence-corrected chi connectivity index (χ4v) is 5.35. The van der Waals surface area contributed by atoms with E-state index in [4.69, 9.17) is 4.74 Å². The molecule has 3 aliphatic rings. The zero-order valence-corrected chi connectivity index (χ0v) is 16.9. The van der Waals surface area contributed by atoms with Gasteiger partial charge in [-0.25, -0.2) is 4.98 Å². The summed E-state index contributed by atoms with van der Waals surface area (Å²) in [7, 11) is 0. The molecule has 1 saturated heterocycles. The fraction of sp³-hybridized carbons (Fsp3) is 0.267. The van der Waals surface area contributed by atoms with E-state index >= 15 is 0 Å². The summed E-state index contributed by atoms with van der Waals surface area (Å²) in [5, 5.41) is 12.2. The second kappa shape index (κ2) is 6.26. The first-order valence-electron chi connectivity index (χ1n) is 7.33. The van der Waals surface area contributed by atoms with Gasteiger partial charge in [-0.05, 0) is 11.5 Å². The maximum atomic E-state index is 12.2. The van der Waals surface area contributed by atoms with Gasteiger partial charge in [0.15, 0.2) is 4.96 Å². The van der Waals surface area contributed by atoms with Crippen LogP contribution in [0.15, 0.2) is 22.9 Å². The summed E-state index contributed by atoms with van der Waals surface area (Å²) < 4.78 is 7.51. The summed E-state index contributed by atoms with van der Waals surface area (Å²) in [6.45, 7) is 1.33. The molecule has 2 aromatic heterocycles. The topological polar surface area (TPSA) is 87.0 Å². The van der Waals surface area contributed by atoms with Crippen LogP contribution < -0.4 is 34.7 Å². The quantitative estimate of drug-likeness (QED) is 0.320. The van der Waals surface area contributed by atoms with Gasteiger partial charge in [0.05, 0.1) is 41.0 Å². The molecule has 1 amide bonds. The van der Waals surface area contributed by atoms with Crippen molar-refractivity contribution in [3.05, 3.63) is 39.1 Å². The van der Waals surface area contributed by atoms with Crippen molar-refractivity contribution in [2.24, 2.45) is 0 Å². The summed E-state index contributed by atoms with van der Waals surface area (Å²) in [6, 6.07) is 0. The molecule has 10 heteroatoms. The Hall–Kier alpha value is -1.10. The van der Waals surface area contributed by atoms with Crippen molar-refractivity contribution in [1.82, 2.24) is 14.3 Å². The van der Waals surface area contributed by atoms with Gasteiger partial charge in [-0.2, -0.15) is 0 Å². The van der Waals surface area contributed by atoms with E-state index in [1.807, 2.05) is 6.20 Å². The molecular formula is C15H10N3NaO4S2. The molecule has 1 fully saturated rings. The first kappa shape index (κ1) is 17.3. The number of nitrogens with zero attached hydrogens (tertiary/aromatic N) is 3.